The molecule has 0 amide bonds. The van der Waals surface area contributed by atoms with E-state index in [1.54, 1.807) is 12.1 Å². The summed E-state index contributed by atoms with van der Waals surface area (Å²) in [5, 5.41) is 12.2. The van der Waals surface area contributed by atoms with Gasteiger partial charge in [0.05, 0.1) is 11.5 Å². The highest BCUT2D eigenvalue weighted by Gasteiger charge is 2.14. The highest BCUT2D eigenvalue weighted by molar-refractivity contribution is 5.86. The Morgan fingerprint density at radius 3 is 2.52 bits per heavy atom. The predicted molar refractivity (Wildman–Crippen MR) is 108 cm³/mol. The summed E-state index contributed by atoms with van der Waals surface area (Å²) < 4.78 is 7.68. The Morgan fingerprint density at radius 2 is 1.89 bits per heavy atom. The Bertz CT molecular complexity index is 930. The molecule has 0 saturated heterocycles. The fraction of sp³-hybridized carbons (Fsp3) is 0.333. The minimum Gasteiger partial charge on any atom is -0.494 e. The van der Waals surface area contributed by atoms with Gasteiger partial charge >= 0.3 is 0 Å². The van der Waals surface area contributed by atoms with E-state index in [0.29, 0.717) is 6.61 Å². The highest BCUT2D eigenvalue weighted by atomic mass is 16.6. The molecule has 0 spiro atoms. The van der Waals surface area contributed by atoms with Gasteiger partial charge in [0.25, 0.3) is 5.69 Å². The van der Waals surface area contributed by atoms with E-state index in [1.807, 2.05) is 51.4 Å². The average Bonchev–Trinajstić information content (AvgIpc) is 2.99. The summed E-state index contributed by atoms with van der Waals surface area (Å²) in [6.07, 6.45) is 2.84. The lowest BCUT2D eigenvalue weighted by Crippen LogP contribution is -2.17. The van der Waals surface area contributed by atoms with Crippen molar-refractivity contribution < 1.29 is 9.66 Å². The minimum atomic E-state index is -0.336. The van der Waals surface area contributed by atoms with Crippen LogP contribution in [0.5, 0.6) is 5.75 Å². The number of fused-ring (bicyclic) bond motifs is 1. The van der Waals surface area contributed by atoms with Crippen LogP contribution in [0.25, 0.3) is 10.9 Å². The van der Waals surface area contributed by atoms with E-state index in [-0.39, 0.29) is 10.6 Å². The largest absolute Gasteiger partial charge is 0.494 e. The molecule has 1 heterocycles. The Labute approximate surface area is 159 Å². The molecule has 6 nitrogen and oxygen atoms in total. The van der Waals surface area contributed by atoms with Crippen molar-refractivity contribution >= 4 is 16.6 Å². The number of rotatable bonds is 8. The number of likely N-dealkylation sites (N-methyl/N-ethyl adjacent to an activating group) is 1. The summed E-state index contributed by atoms with van der Waals surface area (Å²) >= 11 is 0. The molecule has 6 heteroatoms. The van der Waals surface area contributed by atoms with Gasteiger partial charge in [0.15, 0.2) is 0 Å². The molecule has 0 radical (unpaired) electrons. The molecule has 3 rings (SSSR count). The molecule has 0 aliphatic rings. The van der Waals surface area contributed by atoms with Crippen molar-refractivity contribution in [2.24, 2.45) is 0 Å². The molecule has 0 bridgehead atoms. The van der Waals surface area contributed by atoms with Crippen LogP contribution in [0.4, 0.5) is 5.69 Å². The SMILES string of the molecule is CCOc1ccc(Cc2cn(CCN(C)C)c3ccc([N+](=O)[O-])cc23)cc1. The Kier molecular flexibility index (Phi) is 5.76. The first-order valence-electron chi connectivity index (χ1n) is 9.10. The number of hydrogen-bond acceptors (Lipinski definition) is 4. The van der Waals surface area contributed by atoms with Gasteiger partial charge in [-0.05, 0) is 56.8 Å². The Hall–Kier alpha value is -2.86. The van der Waals surface area contributed by atoms with Crippen LogP contribution in [0, 0.1) is 10.1 Å². The number of nitro benzene ring substituents is 1. The first-order chi connectivity index (χ1) is 13.0. The molecule has 0 atom stereocenters. The van der Waals surface area contributed by atoms with E-state index in [2.05, 4.69) is 15.7 Å². The van der Waals surface area contributed by atoms with Crippen LogP contribution < -0.4 is 4.74 Å². The number of benzene rings is 2. The summed E-state index contributed by atoms with van der Waals surface area (Å²) in [5.41, 5.74) is 3.40. The van der Waals surface area contributed by atoms with E-state index in [4.69, 9.17) is 4.74 Å². The predicted octanol–water partition coefficient (Wildman–Crippen LogP) is 4.10. The highest BCUT2D eigenvalue weighted by Crippen LogP contribution is 2.28. The third-order valence-corrected chi connectivity index (χ3v) is 4.58. The lowest BCUT2D eigenvalue weighted by Gasteiger charge is -2.11. The van der Waals surface area contributed by atoms with Gasteiger partial charge in [0, 0.05) is 42.3 Å². The maximum Gasteiger partial charge on any atom is 0.270 e. The standard InChI is InChI=1S/C21H25N3O3/c1-4-27-19-8-5-16(6-9-19)13-17-15-23(12-11-22(2)3)21-10-7-18(24(25)26)14-20(17)21/h5-10,14-15H,4,11-13H2,1-3H3. The van der Waals surface area contributed by atoms with Crippen molar-refractivity contribution in [3.05, 3.63) is 69.9 Å². The van der Waals surface area contributed by atoms with Crippen LogP contribution >= 0.6 is 0 Å². The van der Waals surface area contributed by atoms with Crippen molar-refractivity contribution in [1.29, 1.82) is 0 Å². The van der Waals surface area contributed by atoms with Gasteiger partial charge in [-0.1, -0.05) is 12.1 Å². The van der Waals surface area contributed by atoms with Crippen LogP contribution in [0.15, 0.2) is 48.7 Å². The summed E-state index contributed by atoms with van der Waals surface area (Å²) in [5.74, 6) is 0.852. The van der Waals surface area contributed by atoms with E-state index in [0.717, 1.165) is 47.3 Å². The van der Waals surface area contributed by atoms with E-state index in [9.17, 15) is 10.1 Å². The van der Waals surface area contributed by atoms with Crippen molar-refractivity contribution in [2.45, 2.75) is 19.9 Å². The van der Waals surface area contributed by atoms with Gasteiger partial charge in [-0.3, -0.25) is 10.1 Å². The molecule has 1 aromatic heterocycles. The Balaban J connectivity index is 1.96. The second-order valence-electron chi connectivity index (χ2n) is 6.86. The summed E-state index contributed by atoms with van der Waals surface area (Å²) in [4.78, 5) is 13.0. The molecule has 0 aliphatic heterocycles. The number of ether oxygens (including phenoxy) is 1. The zero-order valence-corrected chi connectivity index (χ0v) is 16.0. The number of nitrogens with zero attached hydrogens (tertiary/aromatic N) is 3. The lowest BCUT2D eigenvalue weighted by atomic mass is 10.0. The smallest absolute Gasteiger partial charge is 0.270 e. The molecule has 0 fully saturated rings. The number of nitro groups is 1. The molecule has 0 saturated carbocycles. The molecule has 0 N–H and O–H groups in total. The summed E-state index contributed by atoms with van der Waals surface area (Å²) in [7, 11) is 4.08. The normalized spacial score (nSPS) is 11.3. The van der Waals surface area contributed by atoms with Crippen LogP contribution in [0.1, 0.15) is 18.1 Å². The Morgan fingerprint density at radius 1 is 1.15 bits per heavy atom. The van der Waals surface area contributed by atoms with E-state index >= 15 is 0 Å². The molecule has 142 valence electrons. The van der Waals surface area contributed by atoms with E-state index < -0.39 is 0 Å². The summed E-state index contributed by atoms with van der Waals surface area (Å²) in [6, 6.07) is 13.1. The molecule has 0 aliphatic carbocycles. The molecule has 2 aromatic carbocycles. The maximum absolute atomic E-state index is 11.2. The van der Waals surface area contributed by atoms with Gasteiger partial charge < -0.3 is 14.2 Å². The molecular formula is C21H25N3O3. The zero-order valence-electron chi connectivity index (χ0n) is 16.0. The molecule has 3 aromatic rings. The van der Waals surface area contributed by atoms with Gasteiger partial charge in [0.1, 0.15) is 5.75 Å². The first kappa shape index (κ1) is 18.9. The molecule has 27 heavy (non-hydrogen) atoms. The number of hydrogen-bond donors (Lipinski definition) is 0. The van der Waals surface area contributed by atoms with Gasteiger partial charge in [-0.15, -0.1) is 0 Å². The second kappa shape index (κ2) is 8.22. The topological polar surface area (TPSA) is 60.5 Å². The fourth-order valence-electron chi connectivity index (χ4n) is 3.20. The monoisotopic (exact) mass is 367 g/mol. The first-order valence-corrected chi connectivity index (χ1v) is 9.10. The van der Waals surface area contributed by atoms with Crippen molar-refractivity contribution in [1.82, 2.24) is 9.47 Å². The van der Waals surface area contributed by atoms with Crippen molar-refractivity contribution in [2.75, 3.05) is 27.2 Å². The lowest BCUT2D eigenvalue weighted by molar-refractivity contribution is -0.384. The third-order valence-electron chi connectivity index (χ3n) is 4.58. The minimum absolute atomic E-state index is 0.126. The fourth-order valence-corrected chi connectivity index (χ4v) is 3.20. The van der Waals surface area contributed by atoms with Crippen LogP contribution in [-0.2, 0) is 13.0 Å². The van der Waals surface area contributed by atoms with Gasteiger partial charge in [-0.25, -0.2) is 0 Å². The molecule has 0 unspecified atom stereocenters. The average molecular weight is 367 g/mol. The van der Waals surface area contributed by atoms with Crippen LogP contribution in [0.3, 0.4) is 0 Å². The van der Waals surface area contributed by atoms with Crippen LogP contribution in [-0.4, -0.2) is 41.6 Å². The third kappa shape index (κ3) is 4.46. The zero-order chi connectivity index (χ0) is 19.4. The summed E-state index contributed by atoms with van der Waals surface area (Å²) in [6.45, 7) is 4.35. The molecular weight excluding hydrogens is 342 g/mol. The number of non-ortho nitro benzene ring substituents is 1. The number of aromatic nitrogens is 1. The van der Waals surface area contributed by atoms with Gasteiger partial charge in [-0.2, -0.15) is 0 Å². The van der Waals surface area contributed by atoms with Crippen LogP contribution in [0.2, 0.25) is 0 Å². The van der Waals surface area contributed by atoms with Crippen molar-refractivity contribution in [3.63, 3.8) is 0 Å². The maximum atomic E-state index is 11.2. The quantitative estimate of drug-likeness (QED) is 0.444. The van der Waals surface area contributed by atoms with Gasteiger partial charge in [0.2, 0.25) is 0 Å². The van der Waals surface area contributed by atoms with E-state index in [1.165, 1.54) is 0 Å². The van der Waals surface area contributed by atoms with Crippen molar-refractivity contribution in [3.8, 4) is 5.75 Å². The second-order valence-corrected chi connectivity index (χ2v) is 6.86.